The van der Waals surface area contributed by atoms with Crippen molar-refractivity contribution in [1.29, 1.82) is 0 Å². The van der Waals surface area contributed by atoms with Gasteiger partial charge in [0.1, 0.15) is 11.4 Å². The number of nitrogens with zero attached hydrogens (tertiary/aromatic N) is 2. The van der Waals surface area contributed by atoms with E-state index in [9.17, 15) is 5.11 Å². The third kappa shape index (κ3) is 8.01. The van der Waals surface area contributed by atoms with Crippen LogP contribution in [0.3, 0.4) is 0 Å². The zero-order valence-electron chi connectivity index (χ0n) is 23.9. The SMILES string of the molecule is CCC.CCO[Si](CCCN1c2ccc(Cl)cc2NN1c1cccc(C(C)(C)C)c1O)(OCC)OCC. The van der Waals surface area contributed by atoms with Crippen LogP contribution in [0.4, 0.5) is 17.1 Å². The van der Waals surface area contributed by atoms with Crippen molar-refractivity contribution < 1.29 is 18.4 Å². The first-order chi connectivity index (χ1) is 17.6. The molecule has 37 heavy (non-hydrogen) atoms. The number of hydrazine groups is 2. The molecule has 0 unspecified atom stereocenters. The van der Waals surface area contributed by atoms with Crippen LogP contribution >= 0.6 is 11.6 Å². The highest BCUT2D eigenvalue weighted by Crippen LogP contribution is 2.44. The maximum Gasteiger partial charge on any atom is 0.500 e. The quantitative estimate of drug-likeness (QED) is 0.276. The number of halogens is 1. The Hall–Kier alpha value is -1.97. The van der Waals surface area contributed by atoms with Crippen LogP contribution in [-0.2, 0) is 18.7 Å². The third-order valence-corrected chi connectivity index (χ3v) is 9.09. The van der Waals surface area contributed by atoms with Crippen LogP contribution in [0.25, 0.3) is 0 Å². The molecule has 0 fully saturated rings. The Kier molecular flexibility index (Phi) is 12.0. The van der Waals surface area contributed by atoms with Gasteiger partial charge in [0.05, 0.1) is 11.4 Å². The van der Waals surface area contributed by atoms with Crippen LogP contribution in [-0.4, -0.2) is 40.3 Å². The van der Waals surface area contributed by atoms with Crippen molar-refractivity contribution in [3.63, 3.8) is 0 Å². The summed E-state index contributed by atoms with van der Waals surface area (Å²) in [5.74, 6) is 0.257. The second-order valence-electron chi connectivity index (χ2n) is 9.92. The minimum absolute atomic E-state index is 0.196. The van der Waals surface area contributed by atoms with E-state index in [1.165, 1.54) is 6.42 Å². The number of nitrogens with one attached hydrogen (secondary N) is 1. The lowest BCUT2D eigenvalue weighted by Crippen LogP contribution is -2.47. The number of phenols is 1. The van der Waals surface area contributed by atoms with Gasteiger partial charge in [-0.1, -0.05) is 64.8 Å². The van der Waals surface area contributed by atoms with E-state index in [4.69, 9.17) is 24.9 Å². The second kappa shape index (κ2) is 14.3. The van der Waals surface area contributed by atoms with Crippen LogP contribution < -0.4 is 15.6 Å². The number of fused-ring (bicyclic) bond motifs is 1. The molecule has 9 heteroatoms. The number of rotatable bonds is 11. The van der Waals surface area contributed by atoms with Gasteiger partial charge in [0.15, 0.2) is 0 Å². The number of hydrogen-bond donors (Lipinski definition) is 2. The second-order valence-corrected chi connectivity index (χ2v) is 13.1. The van der Waals surface area contributed by atoms with Crippen molar-refractivity contribution in [2.24, 2.45) is 0 Å². The van der Waals surface area contributed by atoms with Gasteiger partial charge in [0.25, 0.3) is 0 Å². The number of phenolic OH excluding ortho intramolecular Hbond substituents is 1. The zero-order chi connectivity index (χ0) is 27.6. The standard InChI is InChI=1S/C25H38ClN3O4Si.C3H8/c1-7-31-34(32-8-2,33-9-3)17-11-16-28-22-15-14-19(26)18-21(22)27-29(28)23-13-10-12-20(24(23)30)25(4,5)6;1-3-2/h10,12-15,18,27,30H,7-9,11,16-17H2,1-6H3;3H2,1-2H3. The van der Waals surface area contributed by atoms with Gasteiger partial charge in [-0.15, -0.1) is 0 Å². The van der Waals surface area contributed by atoms with E-state index in [-0.39, 0.29) is 11.2 Å². The molecule has 0 aliphatic carbocycles. The maximum atomic E-state index is 11.2. The molecule has 0 saturated heterocycles. The molecule has 0 amide bonds. The molecule has 208 valence electrons. The van der Waals surface area contributed by atoms with Gasteiger partial charge in [0.2, 0.25) is 0 Å². The Balaban J connectivity index is 0.00000153. The highest BCUT2D eigenvalue weighted by molar-refractivity contribution is 6.60. The van der Waals surface area contributed by atoms with E-state index in [0.29, 0.717) is 43.1 Å². The Morgan fingerprint density at radius 1 is 0.919 bits per heavy atom. The minimum atomic E-state index is -2.75. The maximum absolute atomic E-state index is 11.2. The van der Waals surface area contributed by atoms with Gasteiger partial charge < -0.3 is 18.4 Å². The van der Waals surface area contributed by atoms with E-state index >= 15 is 0 Å². The summed E-state index contributed by atoms with van der Waals surface area (Å²) in [5.41, 5.74) is 6.66. The molecular weight excluding hydrogens is 506 g/mol. The molecule has 1 aliphatic rings. The fourth-order valence-corrected chi connectivity index (χ4v) is 7.04. The van der Waals surface area contributed by atoms with E-state index in [0.717, 1.165) is 23.4 Å². The Morgan fingerprint density at radius 3 is 2.05 bits per heavy atom. The Morgan fingerprint density at radius 2 is 1.51 bits per heavy atom. The summed E-state index contributed by atoms with van der Waals surface area (Å²) in [4.78, 5) is 0. The summed E-state index contributed by atoms with van der Waals surface area (Å²) in [6.45, 7) is 18.8. The first kappa shape index (κ1) is 31.2. The van der Waals surface area contributed by atoms with Gasteiger partial charge in [-0.05, 0) is 56.9 Å². The van der Waals surface area contributed by atoms with E-state index in [2.05, 4.69) is 45.1 Å². The van der Waals surface area contributed by atoms with Crippen molar-refractivity contribution in [1.82, 2.24) is 0 Å². The molecule has 2 N–H and O–H groups in total. The predicted octanol–water partition coefficient (Wildman–Crippen LogP) is 7.77. The van der Waals surface area contributed by atoms with Crippen molar-refractivity contribution in [3.8, 4) is 5.75 Å². The first-order valence-corrected chi connectivity index (χ1v) is 15.8. The van der Waals surface area contributed by atoms with Crippen LogP contribution in [0.2, 0.25) is 11.1 Å². The lowest BCUT2D eigenvalue weighted by atomic mass is 9.86. The lowest BCUT2D eigenvalue weighted by molar-refractivity contribution is 0.0709. The van der Waals surface area contributed by atoms with Crippen LogP contribution in [0.15, 0.2) is 36.4 Å². The molecule has 1 aliphatic heterocycles. The van der Waals surface area contributed by atoms with E-state index < -0.39 is 8.80 Å². The van der Waals surface area contributed by atoms with Crippen LogP contribution in [0, 0.1) is 0 Å². The monoisotopic (exact) mass is 551 g/mol. The van der Waals surface area contributed by atoms with Crippen molar-refractivity contribution >= 4 is 37.5 Å². The van der Waals surface area contributed by atoms with Gasteiger partial charge >= 0.3 is 8.80 Å². The number of hydrogen-bond acceptors (Lipinski definition) is 7. The van der Waals surface area contributed by atoms with Gasteiger partial charge in [-0.2, -0.15) is 5.12 Å². The average molecular weight is 552 g/mol. The smallest absolute Gasteiger partial charge is 0.500 e. The third-order valence-electron chi connectivity index (χ3n) is 5.70. The molecule has 7 nitrogen and oxygen atoms in total. The summed E-state index contributed by atoms with van der Waals surface area (Å²) < 4.78 is 18.1. The summed E-state index contributed by atoms with van der Waals surface area (Å²) in [7, 11) is -2.75. The van der Waals surface area contributed by atoms with Gasteiger partial charge in [0, 0.05) is 43.0 Å². The zero-order valence-corrected chi connectivity index (χ0v) is 25.6. The molecule has 0 saturated carbocycles. The molecule has 2 aromatic carbocycles. The normalized spacial score (nSPS) is 13.2. The minimum Gasteiger partial charge on any atom is -0.505 e. The number of para-hydroxylation sites is 1. The predicted molar refractivity (Wildman–Crippen MR) is 158 cm³/mol. The van der Waals surface area contributed by atoms with Crippen molar-refractivity contribution in [3.05, 3.63) is 47.0 Å². The fourth-order valence-electron chi connectivity index (χ4n) is 4.27. The summed E-state index contributed by atoms with van der Waals surface area (Å²) in [5, 5.41) is 15.9. The molecular formula is C28H46ClN3O4Si. The lowest BCUT2D eigenvalue weighted by Gasteiger charge is -2.34. The highest BCUT2D eigenvalue weighted by Gasteiger charge is 2.40. The van der Waals surface area contributed by atoms with Crippen molar-refractivity contribution in [2.45, 2.75) is 79.7 Å². The first-order valence-electron chi connectivity index (χ1n) is 13.4. The van der Waals surface area contributed by atoms with Gasteiger partial charge in [-0.3, -0.25) is 10.4 Å². The average Bonchev–Trinajstić information content (AvgIpc) is 3.16. The van der Waals surface area contributed by atoms with Gasteiger partial charge in [-0.25, -0.2) is 0 Å². The Bertz CT molecular complexity index is 969. The molecule has 0 spiro atoms. The molecule has 0 radical (unpaired) electrons. The van der Waals surface area contributed by atoms with Crippen LogP contribution in [0.5, 0.6) is 5.75 Å². The molecule has 0 bridgehead atoms. The van der Waals surface area contributed by atoms with E-state index in [1.54, 1.807) is 0 Å². The number of benzene rings is 2. The molecule has 3 rings (SSSR count). The molecule has 0 atom stereocenters. The molecule has 0 aromatic heterocycles. The van der Waals surface area contributed by atoms with Crippen molar-refractivity contribution in [2.75, 3.05) is 41.9 Å². The largest absolute Gasteiger partial charge is 0.505 e. The van der Waals surface area contributed by atoms with E-state index in [1.807, 2.05) is 62.3 Å². The summed E-state index contributed by atoms with van der Waals surface area (Å²) >= 11 is 6.28. The number of anilines is 3. The Labute approximate surface area is 230 Å². The fraction of sp³-hybridized carbons (Fsp3) is 0.571. The summed E-state index contributed by atoms with van der Waals surface area (Å²) in [6.07, 6.45) is 2.03. The van der Waals surface area contributed by atoms with Crippen LogP contribution in [0.1, 0.15) is 73.8 Å². The molecule has 2 aromatic rings. The highest BCUT2D eigenvalue weighted by atomic mass is 35.5. The summed E-state index contributed by atoms with van der Waals surface area (Å²) in [6, 6.07) is 12.3. The topological polar surface area (TPSA) is 66.4 Å². The molecule has 1 heterocycles. The number of aromatic hydroxyl groups is 1.